The van der Waals surface area contributed by atoms with Crippen LogP contribution in [-0.2, 0) is 29.0 Å². The fourth-order valence-electron chi connectivity index (χ4n) is 5.10. The maximum absolute atomic E-state index is 13.6. The van der Waals surface area contributed by atoms with E-state index < -0.39 is 5.97 Å². The van der Waals surface area contributed by atoms with Crippen molar-refractivity contribution in [2.45, 2.75) is 49.9 Å². The topological polar surface area (TPSA) is 82.7 Å². The van der Waals surface area contributed by atoms with Crippen LogP contribution in [0.1, 0.15) is 45.3 Å². The number of carbonyl (C=O) groups is 2. The van der Waals surface area contributed by atoms with Crippen LogP contribution in [0.4, 0.5) is 16.4 Å². The molecule has 1 amide bonds. The largest absolute Gasteiger partial charge is 0.465 e. The first-order valence-corrected chi connectivity index (χ1v) is 16.6. The van der Waals surface area contributed by atoms with E-state index in [-0.39, 0.29) is 11.2 Å². The number of hydrogen-bond donors (Lipinski definition) is 3. The molecule has 3 N–H and O–H groups in total. The molecule has 1 unspecified atom stereocenters. The van der Waals surface area contributed by atoms with Crippen LogP contribution in [-0.4, -0.2) is 40.8 Å². The summed E-state index contributed by atoms with van der Waals surface area (Å²) in [7, 11) is 1.39. The molecule has 1 atom stereocenters. The zero-order valence-electron chi connectivity index (χ0n) is 25.0. The molecule has 1 aromatic heterocycles. The maximum atomic E-state index is 13.6. The molecule has 0 aliphatic carbocycles. The van der Waals surface area contributed by atoms with Gasteiger partial charge in [-0.25, -0.2) is 4.79 Å². The molecule has 3 aromatic carbocycles. The number of amides is 1. The molecule has 4 aromatic rings. The number of hydrogen-bond acceptors (Lipinski definition) is 7. The smallest absolute Gasteiger partial charge is 0.341 e. The van der Waals surface area contributed by atoms with Crippen LogP contribution < -0.4 is 16.0 Å². The molecule has 0 radical (unpaired) electrons. The Balaban J connectivity index is 1.25. The van der Waals surface area contributed by atoms with Gasteiger partial charge in [0.05, 0.1) is 17.9 Å². The van der Waals surface area contributed by atoms with Crippen molar-refractivity contribution in [3.8, 4) is 0 Å². The summed E-state index contributed by atoms with van der Waals surface area (Å²) in [4.78, 5) is 30.9. The normalized spacial score (nSPS) is 13.4. The third-order valence-corrected chi connectivity index (χ3v) is 10.0. The molecule has 5 rings (SSSR count). The van der Waals surface area contributed by atoms with Gasteiger partial charge in [0.25, 0.3) is 0 Å². The van der Waals surface area contributed by atoms with E-state index in [0.717, 1.165) is 52.8 Å². The fourth-order valence-corrected chi connectivity index (χ4v) is 7.63. The summed E-state index contributed by atoms with van der Waals surface area (Å²) in [5.74, 6) is -0.554. The molecular weight excluding hydrogens is 609 g/mol. The van der Waals surface area contributed by atoms with Gasteiger partial charge in [-0.2, -0.15) is 0 Å². The number of rotatable bonds is 10. The van der Waals surface area contributed by atoms with Crippen LogP contribution >= 0.6 is 35.3 Å². The van der Waals surface area contributed by atoms with E-state index in [2.05, 4.69) is 33.0 Å². The molecule has 44 heavy (non-hydrogen) atoms. The first kappa shape index (κ1) is 31.7. The summed E-state index contributed by atoms with van der Waals surface area (Å²) in [6, 6.07) is 26.2. The number of thiophene rings is 1. The van der Waals surface area contributed by atoms with Crippen LogP contribution in [0.5, 0.6) is 0 Å². The summed E-state index contributed by atoms with van der Waals surface area (Å²) < 4.78 is 5.15. The first-order chi connectivity index (χ1) is 21.3. The number of carbonyl (C=O) groups excluding carboxylic acids is 2. The Morgan fingerprint density at radius 2 is 1.75 bits per heavy atom. The SMILES string of the molecule is CCC(Sc1cccc(NC(=S)Nc2ccc(C)cc2)c1)C(=O)Nc1sc2c(c1C(=O)OC)CCN(Cc1ccccc1)C2. The molecule has 0 spiro atoms. The van der Waals surface area contributed by atoms with Crippen molar-refractivity contribution in [2.24, 2.45) is 0 Å². The number of esters is 1. The lowest BCUT2D eigenvalue weighted by Crippen LogP contribution is -2.30. The second-order valence-electron chi connectivity index (χ2n) is 10.6. The van der Waals surface area contributed by atoms with E-state index in [0.29, 0.717) is 22.1 Å². The van der Waals surface area contributed by atoms with Crippen molar-refractivity contribution in [3.63, 3.8) is 0 Å². The van der Waals surface area contributed by atoms with Crippen LogP contribution in [0.3, 0.4) is 0 Å². The number of nitrogens with zero attached hydrogens (tertiary/aromatic N) is 1. The highest BCUT2D eigenvalue weighted by atomic mass is 32.2. The molecule has 0 saturated carbocycles. The summed E-state index contributed by atoms with van der Waals surface area (Å²) in [5.41, 5.74) is 5.64. The van der Waals surface area contributed by atoms with Crippen molar-refractivity contribution in [3.05, 3.63) is 106 Å². The predicted molar refractivity (Wildman–Crippen MR) is 186 cm³/mol. The number of aryl methyl sites for hydroxylation is 1. The summed E-state index contributed by atoms with van der Waals surface area (Å²) in [6.45, 7) is 6.42. The lowest BCUT2D eigenvalue weighted by Gasteiger charge is -2.27. The molecule has 0 fully saturated rings. The molecule has 1 aliphatic heterocycles. The van der Waals surface area contributed by atoms with E-state index >= 15 is 0 Å². The van der Waals surface area contributed by atoms with Gasteiger partial charge in [-0.3, -0.25) is 9.69 Å². The Labute approximate surface area is 272 Å². The van der Waals surface area contributed by atoms with Crippen LogP contribution in [0.25, 0.3) is 0 Å². The van der Waals surface area contributed by atoms with E-state index in [1.165, 1.54) is 41.3 Å². The molecule has 7 nitrogen and oxygen atoms in total. The quantitative estimate of drug-likeness (QED) is 0.0920. The second-order valence-corrected chi connectivity index (χ2v) is 13.4. The Bertz CT molecular complexity index is 1620. The number of benzene rings is 3. The Kier molecular flexibility index (Phi) is 10.7. The first-order valence-electron chi connectivity index (χ1n) is 14.5. The minimum Gasteiger partial charge on any atom is -0.465 e. The zero-order valence-corrected chi connectivity index (χ0v) is 27.5. The Morgan fingerprint density at radius 3 is 2.48 bits per heavy atom. The minimum absolute atomic E-state index is 0.141. The Morgan fingerprint density at radius 1 is 1.00 bits per heavy atom. The van der Waals surface area contributed by atoms with Crippen LogP contribution in [0, 0.1) is 6.92 Å². The number of nitrogens with one attached hydrogen (secondary N) is 3. The fraction of sp³-hybridized carbons (Fsp3) is 0.265. The van der Waals surface area contributed by atoms with Gasteiger partial charge in [0.1, 0.15) is 5.00 Å². The average molecular weight is 645 g/mol. The van der Waals surface area contributed by atoms with Gasteiger partial charge in [0, 0.05) is 40.8 Å². The van der Waals surface area contributed by atoms with Gasteiger partial charge in [-0.15, -0.1) is 23.1 Å². The monoisotopic (exact) mass is 644 g/mol. The molecule has 0 saturated heterocycles. The molecule has 228 valence electrons. The van der Waals surface area contributed by atoms with Crippen molar-refractivity contribution in [2.75, 3.05) is 29.6 Å². The maximum Gasteiger partial charge on any atom is 0.341 e. The van der Waals surface area contributed by atoms with Gasteiger partial charge < -0.3 is 20.7 Å². The van der Waals surface area contributed by atoms with Crippen molar-refractivity contribution in [1.82, 2.24) is 4.90 Å². The van der Waals surface area contributed by atoms with Gasteiger partial charge >= 0.3 is 5.97 Å². The summed E-state index contributed by atoms with van der Waals surface area (Å²) >= 11 is 8.47. The standard InChI is InChI=1S/C34H36N4O3S3/c1-4-28(43-26-12-8-11-25(19-26)36-34(42)35-24-15-13-22(2)14-16-24)31(39)37-32-30(33(40)41-3)27-17-18-38(21-29(27)44-32)20-23-9-6-5-7-10-23/h5-16,19,28H,4,17-18,20-21H2,1-3H3,(H,37,39)(H2,35,36,42). The average Bonchev–Trinajstić information content (AvgIpc) is 3.38. The van der Waals surface area contributed by atoms with Gasteiger partial charge in [-0.1, -0.05) is 61.0 Å². The van der Waals surface area contributed by atoms with Gasteiger partial charge in [-0.05, 0) is 73.4 Å². The van der Waals surface area contributed by atoms with Crippen molar-refractivity contribution >= 4 is 68.7 Å². The third-order valence-electron chi connectivity index (χ3n) is 7.35. The predicted octanol–water partition coefficient (Wildman–Crippen LogP) is 7.72. The van der Waals surface area contributed by atoms with E-state index in [4.69, 9.17) is 17.0 Å². The molecule has 1 aliphatic rings. The lowest BCUT2D eigenvalue weighted by molar-refractivity contribution is -0.115. The third kappa shape index (κ3) is 8.06. The molecule has 10 heteroatoms. The van der Waals surface area contributed by atoms with Crippen molar-refractivity contribution < 1.29 is 14.3 Å². The highest BCUT2D eigenvalue weighted by molar-refractivity contribution is 8.00. The highest BCUT2D eigenvalue weighted by Gasteiger charge is 2.30. The molecule has 0 bridgehead atoms. The number of thiocarbonyl (C=S) groups is 1. The number of thioether (sulfide) groups is 1. The minimum atomic E-state index is -0.413. The number of ether oxygens (including phenoxy) is 1. The van der Waals surface area contributed by atoms with Gasteiger partial charge in [0.2, 0.25) is 5.91 Å². The summed E-state index contributed by atoms with van der Waals surface area (Å²) in [6.07, 6.45) is 1.34. The van der Waals surface area contributed by atoms with E-state index in [1.807, 2.05) is 80.6 Å². The number of anilines is 3. The summed E-state index contributed by atoms with van der Waals surface area (Å²) in [5, 5.41) is 10.2. The molecule has 2 heterocycles. The van der Waals surface area contributed by atoms with E-state index in [1.54, 1.807) is 0 Å². The number of fused-ring (bicyclic) bond motifs is 1. The van der Waals surface area contributed by atoms with Crippen LogP contribution in [0.2, 0.25) is 0 Å². The highest BCUT2D eigenvalue weighted by Crippen LogP contribution is 2.39. The van der Waals surface area contributed by atoms with Gasteiger partial charge in [0.15, 0.2) is 5.11 Å². The number of methoxy groups -OCH3 is 1. The zero-order chi connectivity index (χ0) is 31.1. The second kappa shape index (κ2) is 14.9. The van der Waals surface area contributed by atoms with E-state index in [9.17, 15) is 9.59 Å². The lowest BCUT2D eigenvalue weighted by atomic mass is 10.0. The van der Waals surface area contributed by atoms with Crippen molar-refractivity contribution in [1.29, 1.82) is 0 Å². The molecular formula is C34H36N4O3S3. The van der Waals surface area contributed by atoms with Crippen LogP contribution in [0.15, 0.2) is 83.8 Å². The Hall–Kier alpha value is -3.70.